The van der Waals surface area contributed by atoms with Gasteiger partial charge >= 0.3 is 0 Å². The fraction of sp³-hybridized carbons (Fsp3) is 0.462. The Morgan fingerprint density at radius 2 is 1.52 bits per heavy atom. The maximum atomic E-state index is 13.3. The van der Waals surface area contributed by atoms with Crippen molar-refractivity contribution < 1.29 is 9.59 Å². The Bertz CT molecular complexity index is 854. The molecule has 0 aromatic heterocycles. The summed E-state index contributed by atoms with van der Waals surface area (Å²) >= 11 is 1.67. The quantitative estimate of drug-likeness (QED) is 0.523. The molecule has 0 aliphatic heterocycles. The first-order chi connectivity index (χ1) is 14.6. The van der Waals surface area contributed by atoms with Crippen LogP contribution in [0.15, 0.2) is 53.4 Å². The molecule has 0 spiro atoms. The van der Waals surface area contributed by atoms with Crippen LogP contribution in [-0.4, -0.2) is 34.0 Å². The van der Waals surface area contributed by atoms with E-state index in [-0.39, 0.29) is 17.4 Å². The number of rotatable bonds is 9. The summed E-state index contributed by atoms with van der Waals surface area (Å²) in [5.74, 6) is 0.599. The molecule has 4 nitrogen and oxygen atoms in total. The molecule has 0 fully saturated rings. The zero-order valence-electron chi connectivity index (χ0n) is 19.7. The van der Waals surface area contributed by atoms with Crippen LogP contribution in [0.25, 0.3) is 0 Å². The SMILES string of the molecule is CC[C@@H](C(=O)NC(C)(C)C)N(Cc1ccc(C)cc1)C(=O)CCSc1ccc(C)cc1. The highest BCUT2D eigenvalue weighted by Gasteiger charge is 2.30. The Balaban J connectivity index is 2.14. The highest BCUT2D eigenvalue weighted by molar-refractivity contribution is 7.99. The fourth-order valence-corrected chi connectivity index (χ4v) is 4.14. The van der Waals surface area contributed by atoms with E-state index in [0.29, 0.717) is 25.1 Å². The van der Waals surface area contributed by atoms with E-state index in [1.807, 2.05) is 58.9 Å². The van der Waals surface area contributed by atoms with Crippen molar-refractivity contribution in [2.45, 2.75) is 77.4 Å². The maximum absolute atomic E-state index is 13.3. The van der Waals surface area contributed by atoms with Gasteiger partial charge in [0.1, 0.15) is 6.04 Å². The molecule has 31 heavy (non-hydrogen) atoms. The summed E-state index contributed by atoms with van der Waals surface area (Å²) in [6, 6.07) is 16.0. The molecule has 0 radical (unpaired) electrons. The van der Waals surface area contributed by atoms with E-state index in [1.165, 1.54) is 11.1 Å². The lowest BCUT2D eigenvalue weighted by molar-refractivity contribution is -0.141. The third-order valence-electron chi connectivity index (χ3n) is 4.96. The van der Waals surface area contributed by atoms with Gasteiger partial charge in [-0.25, -0.2) is 0 Å². The van der Waals surface area contributed by atoms with Crippen LogP contribution in [0.1, 0.15) is 57.2 Å². The third-order valence-corrected chi connectivity index (χ3v) is 5.98. The molecule has 2 aromatic rings. The summed E-state index contributed by atoms with van der Waals surface area (Å²) < 4.78 is 0. The van der Waals surface area contributed by atoms with Crippen molar-refractivity contribution in [2.24, 2.45) is 0 Å². The minimum absolute atomic E-state index is 0.0103. The number of nitrogens with zero attached hydrogens (tertiary/aromatic N) is 1. The van der Waals surface area contributed by atoms with Gasteiger partial charge in [-0.15, -0.1) is 11.8 Å². The van der Waals surface area contributed by atoms with Crippen molar-refractivity contribution in [3.8, 4) is 0 Å². The standard InChI is InChI=1S/C26H36N2O2S/c1-7-23(25(30)27-26(4,5)6)28(18-21-12-8-19(2)9-13-21)24(29)16-17-31-22-14-10-20(3)11-15-22/h8-15,23H,7,16-18H2,1-6H3,(H,27,30)/t23-/m0/s1. The van der Waals surface area contributed by atoms with Crippen molar-refractivity contribution in [3.63, 3.8) is 0 Å². The third kappa shape index (κ3) is 8.41. The molecule has 5 heteroatoms. The van der Waals surface area contributed by atoms with Crippen LogP contribution in [0, 0.1) is 13.8 Å². The molecule has 2 amide bonds. The number of carbonyl (C=O) groups excluding carboxylic acids is 2. The zero-order valence-corrected chi connectivity index (χ0v) is 20.5. The largest absolute Gasteiger partial charge is 0.350 e. The van der Waals surface area contributed by atoms with Gasteiger partial charge in [0.15, 0.2) is 0 Å². The molecule has 0 saturated heterocycles. The Morgan fingerprint density at radius 1 is 0.968 bits per heavy atom. The lowest BCUT2D eigenvalue weighted by Gasteiger charge is -2.33. The minimum Gasteiger partial charge on any atom is -0.350 e. The van der Waals surface area contributed by atoms with Gasteiger partial charge in [-0.2, -0.15) is 0 Å². The van der Waals surface area contributed by atoms with E-state index < -0.39 is 6.04 Å². The highest BCUT2D eigenvalue weighted by Crippen LogP contribution is 2.21. The van der Waals surface area contributed by atoms with Gasteiger partial charge in [0, 0.05) is 29.2 Å². The smallest absolute Gasteiger partial charge is 0.243 e. The van der Waals surface area contributed by atoms with Crippen LogP contribution in [0.3, 0.4) is 0 Å². The molecular weight excluding hydrogens is 404 g/mol. The van der Waals surface area contributed by atoms with Gasteiger partial charge in [-0.3, -0.25) is 9.59 Å². The van der Waals surface area contributed by atoms with Crippen LogP contribution in [-0.2, 0) is 16.1 Å². The number of nitrogens with one attached hydrogen (secondary N) is 1. The van der Waals surface area contributed by atoms with Gasteiger partial charge in [-0.05, 0) is 58.7 Å². The lowest BCUT2D eigenvalue weighted by atomic mass is 10.0. The van der Waals surface area contributed by atoms with Crippen LogP contribution in [0.4, 0.5) is 0 Å². The van der Waals surface area contributed by atoms with Gasteiger partial charge in [-0.1, -0.05) is 54.4 Å². The van der Waals surface area contributed by atoms with E-state index in [4.69, 9.17) is 0 Å². The highest BCUT2D eigenvalue weighted by atomic mass is 32.2. The maximum Gasteiger partial charge on any atom is 0.243 e. The summed E-state index contributed by atoms with van der Waals surface area (Å²) in [6.07, 6.45) is 0.967. The van der Waals surface area contributed by atoms with Crippen molar-refractivity contribution >= 4 is 23.6 Å². The molecule has 0 heterocycles. The molecule has 2 rings (SSSR count). The topological polar surface area (TPSA) is 49.4 Å². The first-order valence-corrected chi connectivity index (χ1v) is 11.9. The summed E-state index contributed by atoms with van der Waals surface area (Å²) in [5, 5.41) is 3.05. The number of thioether (sulfide) groups is 1. The monoisotopic (exact) mass is 440 g/mol. The van der Waals surface area contributed by atoms with Gasteiger partial charge in [0.25, 0.3) is 0 Å². The minimum atomic E-state index is -0.489. The summed E-state index contributed by atoms with van der Waals surface area (Å²) in [5.41, 5.74) is 3.09. The summed E-state index contributed by atoms with van der Waals surface area (Å²) in [4.78, 5) is 29.2. The Labute approximate surface area is 191 Å². The number of amides is 2. The number of aryl methyl sites for hydroxylation is 2. The molecule has 0 aliphatic rings. The number of benzene rings is 2. The second-order valence-corrected chi connectivity index (χ2v) is 10.3. The lowest BCUT2D eigenvalue weighted by Crippen LogP contribution is -2.53. The molecule has 2 aromatic carbocycles. The van der Waals surface area contributed by atoms with Crippen molar-refractivity contribution in [2.75, 3.05) is 5.75 Å². The second kappa shape index (κ2) is 11.4. The van der Waals surface area contributed by atoms with E-state index in [9.17, 15) is 9.59 Å². The first-order valence-electron chi connectivity index (χ1n) is 11.0. The summed E-state index contributed by atoms with van der Waals surface area (Å²) in [7, 11) is 0. The normalized spacial score (nSPS) is 12.3. The second-order valence-electron chi connectivity index (χ2n) is 9.08. The first kappa shape index (κ1) is 25.0. The molecule has 0 saturated carbocycles. The average Bonchev–Trinajstić information content (AvgIpc) is 2.69. The van der Waals surface area contributed by atoms with Crippen LogP contribution >= 0.6 is 11.8 Å². The Kier molecular flexibility index (Phi) is 9.17. The van der Waals surface area contributed by atoms with E-state index in [1.54, 1.807) is 16.7 Å². The average molecular weight is 441 g/mol. The fourth-order valence-electron chi connectivity index (χ4n) is 3.30. The van der Waals surface area contributed by atoms with E-state index in [2.05, 4.69) is 36.5 Å². The predicted molar refractivity (Wildman–Crippen MR) is 130 cm³/mol. The molecule has 1 N–H and O–H groups in total. The van der Waals surface area contributed by atoms with Crippen LogP contribution < -0.4 is 5.32 Å². The van der Waals surface area contributed by atoms with E-state index >= 15 is 0 Å². The zero-order chi connectivity index (χ0) is 23.0. The molecular formula is C26H36N2O2S. The van der Waals surface area contributed by atoms with Gasteiger partial charge in [0.2, 0.25) is 11.8 Å². The van der Waals surface area contributed by atoms with Crippen molar-refractivity contribution in [1.29, 1.82) is 0 Å². The van der Waals surface area contributed by atoms with E-state index in [0.717, 1.165) is 10.5 Å². The predicted octanol–water partition coefficient (Wildman–Crippen LogP) is 5.51. The molecule has 0 aliphatic carbocycles. The number of hydrogen-bond acceptors (Lipinski definition) is 3. The van der Waals surface area contributed by atoms with Crippen LogP contribution in [0.5, 0.6) is 0 Å². The molecule has 1 atom stereocenters. The van der Waals surface area contributed by atoms with Crippen molar-refractivity contribution in [3.05, 3.63) is 65.2 Å². The molecule has 168 valence electrons. The van der Waals surface area contributed by atoms with Crippen molar-refractivity contribution in [1.82, 2.24) is 10.2 Å². The summed E-state index contributed by atoms with van der Waals surface area (Å²) in [6.45, 7) is 12.4. The van der Waals surface area contributed by atoms with Gasteiger partial charge < -0.3 is 10.2 Å². The Hall–Kier alpha value is -2.27. The number of carbonyl (C=O) groups is 2. The molecule has 0 bridgehead atoms. The number of hydrogen-bond donors (Lipinski definition) is 1. The van der Waals surface area contributed by atoms with Crippen LogP contribution in [0.2, 0.25) is 0 Å². The van der Waals surface area contributed by atoms with Gasteiger partial charge in [0.05, 0.1) is 0 Å². The molecule has 0 unspecified atom stereocenters. The Morgan fingerprint density at radius 3 is 2.03 bits per heavy atom.